The van der Waals surface area contributed by atoms with Gasteiger partial charge in [-0.2, -0.15) is 0 Å². The highest BCUT2D eigenvalue weighted by molar-refractivity contribution is 14.0. The molecule has 1 aromatic heterocycles. The number of nitrogens with one attached hydrogen (secondary N) is 2. The highest BCUT2D eigenvalue weighted by Gasteiger charge is 2.17. The molecule has 30 heavy (non-hydrogen) atoms. The van der Waals surface area contributed by atoms with Gasteiger partial charge >= 0.3 is 0 Å². The molecule has 0 radical (unpaired) electrons. The number of aliphatic imine (C=N–C) groups is 1. The average molecular weight is 528 g/mol. The quantitative estimate of drug-likeness (QED) is 0.310. The Bertz CT molecular complexity index is 812. The molecule has 7 nitrogen and oxygen atoms in total. The van der Waals surface area contributed by atoms with E-state index in [1.165, 1.54) is 5.56 Å². The van der Waals surface area contributed by atoms with Gasteiger partial charge in [-0.3, -0.25) is 4.99 Å². The molecule has 1 saturated heterocycles. The van der Waals surface area contributed by atoms with E-state index in [0.29, 0.717) is 19.1 Å². The lowest BCUT2D eigenvalue weighted by atomic mass is 10.1. The SMILES string of the molecule is CN=C(NCCc1c(C)noc1C)NCc1ccc(C)cc1OCC1CCOC1.I. The summed E-state index contributed by atoms with van der Waals surface area (Å²) in [6.07, 6.45) is 1.91. The minimum Gasteiger partial charge on any atom is -0.493 e. The zero-order valence-corrected chi connectivity index (χ0v) is 20.6. The Labute approximate surface area is 196 Å². The molecule has 1 unspecified atom stereocenters. The number of aromatic nitrogens is 1. The molecule has 1 aromatic carbocycles. The van der Waals surface area contributed by atoms with Crippen LogP contribution in [0, 0.1) is 26.7 Å². The Morgan fingerprint density at radius 2 is 2.10 bits per heavy atom. The summed E-state index contributed by atoms with van der Waals surface area (Å²) in [6.45, 7) is 9.71. The zero-order valence-electron chi connectivity index (χ0n) is 18.3. The topological polar surface area (TPSA) is 80.9 Å². The van der Waals surface area contributed by atoms with E-state index in [1.54, 1.807) is 7.05 Å². The maximum absolute atomic E-state index is 6.13. The van der Waals surface area contributed by atoms with E-state index in [0.717, 1.165) is 66.9 Å². The number of nitrogens with zero attached hydrogens (tertiary/aromatic N) is 2. The van der Waals surface area contributed by atoms with Gasteiger partial charge in [-0.15, -0.1) is 24.0 Å². The number of aryl methyl sites for hydroxylation is 3. The molecule has 2 heterocycles. The first-order valence-corrected chi connectivity index (χ1v) is 10.2. The molecule has 0 bridgehead atoms. The fourth-order valence-corrected chi connectivity index (χ4v) is 3.43. The smallest absolute Gasteiger partial charge is 0.191 e. The van der Waals surface area contributed by atoms with Crippen molar-refractivity contribution in [1.29, 1.82) is 0 Å². The molecular formula is C22H33IN4O3. The van der Waals surface area contributed by atoms with Gasteiger partial charge in [0.05, 0.1) is 18.9 Å². The number of halogens is 1. The third-order valence-electron chi connectivity index (χ3n) is 5.24. The van der Waals surface area contributed by atoms with Crippen molar-refractivity contribution in [3.63, 3.8) is 0 Å². The van der Waals surface area contributed by atoms with Crippen molar-refractivity contribution in [2.45, 2.75) is 40.2 Å². The van der Waals surface area contributed by atoms with Crippen LogP contribution in [-0.4, -0.2) is 44.5 Å². The van der Waals surface area contributed by atoms with E-state index in [1.807, 2.05) is 13.8 Å². The van der Waals surface area contributed by atoms with Crippen molar-refractivity contribution in [1.82, 2.24) is 15.8 Å². The predicted octanol–water partition coefficient (Wildman–Crippen LogP) is 3.54. The second kappa shape index (κ2) is 12.1. The van der Waals surface area contributed by atoms with Crippen molar-refractivity contribution in [3.8, 4) is 5.75 Å². The molecule has 0 aliphatic carbocycles. The summed E-state index contributed by atoms with van der Waals surface area (Å²) in [4.78, 5) is 4.32. The summed E-state index contributed by atoms with van der Waals surface area (Å²) in [5, 5.41) is 10.7. The van der Waals surface area contributed by atoms with Gasteiger partial charge in [0.1, 0.15) is 11.5 Å². The van der Waals surface area contributed by atoms with E-state index in [4.69, 9.17) is 14.0 Å². The number of ether oxygens (including phenoxy) is 2. The van der Waals surface area contributed by atoms with Crippen molar-refractivity contribution >= 4 is 29.9 Å². The summed E-state index contributed by atoms with van der Waals surface area (Å²) in [5.41, 5.74) is 4.40. The fraction of sp³-hybridized carbons (Fsp3) is 0.545. The average Bonchev–Trinajstić information content (AvgIpc) is 3.34. The molecule has 0 amide bonds. The van der Waals surface area contributed by atoms with Gasteiger partial charge in [0.25, 0.3) is 0 Å². The Hall–Kier alpha value is -1.81. The molecular weight excluding hydrogens is 495 g/mol. The first-order chi connectivity index (χ1) is 14.1. The van der Waals surface area contributed by atoms with Crippen LogP contribution in [0.5, 0.6) is 5.75 Å². The molecule has 1 atom stereocenters. The summed E-state index contributed by atoms with van der Waals surface area (Å²) in [5.74, 6) is 3.04. The van der Waals surface area contributed by atoms with Crippen LogP contribution < -0.4 is 15.4 Å². The molecule has 2 aromatic rings. The number of benzene rings is 1. The molecule has 2 N–H and O–H groups in total. The van der Waals surface area contributed by atoms with Crippen LogP contribution in [0.4, 0.5) is 0 Å². The number of guanidine groups is 1. The van der Waals surface area contributed by atoms with E-state index in [9.17, 15) is 0 Å². The lowest BCUT2D eigenvalue weighted by Crippen LogP contribution is -2.38. The third kappa shape index (κ3) is 6.87. The Balaban J connectivity index is 0.00000320. The van der Waals surface area contributed by atoms with Gasteiger partial charge in [0, 0.05) is 43.8 Å². The second-order valence-electron chi connectivity index (χ2n) is 7.56. The predicted molar refractivity (Wildman–Crippen MR) is 129 cm³/mol. The fourth-order valence-electron chi connectivity index (χ4n) is 3.43. The Morgan fingerprint density at radius 1 is 1.27 bits per heavy atom. The molecule has 0 spiro atoms. The van der Waals surface area contributed by atoms with Gasteiger partial charge in [-0.05, 0) is 45.2 Å². The summed E-state index contributed by atoms with van der Waals surface area (Å²) in [7, 11) is 1.78. The Morgan fingerprint density at radius 3 is 2.77 bits per heavy atom. The van der Waals surface area contributed by atoms with Gasteiger partial charge in [-0.1, -0.05) is 17.3 Å². The van der Waals surface area contributed by atoms with Crippen molar-refractivity contribution in [3.05, 3.63) is 46.3 Å². The number of hydrogen-bond acceptors (Lipinski definition) is 5. The van der Waals surface area contributed by atoms with E-state index in [-0.39, 0.29) is 24.0 Å². The van der Waals surface area contributed by atoms with Crippen LogP contribution in [0.15, 0.2) is 27.7 Å². The highest BCUT2D eigenvalue weighted by atomic mass is 127. The summed E-state index contributed by atoms with van der Waals surface area (Å²) >= 11 is 0. The van der Waals surface area contributed by atoms with Crippen LogP contribution in [0.2, 0.25) is 0 Å². The van der Waals surface area contributed by atoms with Crippen LogP contribution in [-0.2, 0) is 17.7 Å². The Kier molecular flexibility index (Phi) is 9.90. The van der Waals surface area contributed by atoms with Crippen LogP contribution in [0.1, 0.15) is 34.6 Å². The molecule has 1 fully saturated rings. The monoisotopic (exact) mass is 528 g/mol. The van der Waals surface area contributed by atoms with Crippen molar-refractivity contribution in [2.75, 3.05) is 33.4 Å². The van der Waals surface area contributed by atoms with Gasteiger partial charge in [0.2, 0.25) is 0 Å². The molecule has 3 rings (SSSR count). The summed E-state index contributed by atoms with van der Waals surface area (Å²) in [6, 6.07) is 6.32. The lowest BCUT2D eigenvalue weighted by Gasteiger charge is -2.17. The van der Waals surface area contributed by atoms with Crippen LogP contribution >= 0.6 is 24.0 Å². The lowest BCUT2D eigenvalue weighted by molar-refractivity contribution is 0.166. The van der Waals surface area contributed by atoms with Gasteiger partial charge in [-0.25, -0.2) is 0 Å². The van der Waals surface area contributed by atoms with Crippen molar-refractivity contribution < 1.29 is 14.0 Å². The molecule has 166 valence electrons. The maximum atomic E-state index is 6.13. The van der Waals surface area contributed by atoms with Crippen LogP contribution in [0.25, 0.3) is 0 Å². The molecule has 1 aliphatic heterocycles. The van der Waals surface area contributed by atoms with Crippen molar-refractivity contribution in [2.24, 2.45) is 10.9 Å². The second-order valence-corrected chi connectivity index (χ2v) is 7.56. The highest BCUT2D eigenvalue weighted by Crippen LogP contribution is 2.22. The third-order valence-corrected chi connectivity index (χ3v) is 5.24. The first kappa shape index (κ1) is 24.5. The first-order valence-electron chi connectivity index (χ1n) is 10.2. The maximum Gasteiger partial charge on any atom is 0.191 e. The molecule has 8 heteroatoms. The van der Waals surface area contributed by atoms with Crippen LogP contribution in [0.3, 0.4) is 0 Å². The van der Waals surface area contributed by atoms with Gasteiger partial charge < -0.3 is 24.6 Å². The van der Waals surface area contributed by atoms with E-state index in [2.05, 4.69) is 45.9 Å². The minimum absolute atomic E-state index is 0. The standard InChI is InChI=1S/C22H32N4O3.HI/c1-15-5-6-19(21(11-15)28-14-18-8-10-27-13-18)12-25-22(23-4)24-9-7-20-16(2)26-29-17(20)3;/h5-6,11,18H,7-10,12-14H2,1-4H3,(H2,23,24,25);1H. The molecule has 1 aliphatic rings. The largest absolute Gasteiger partial charge is 0.493 e. The van der Waals surface area contributed by atoms with Gasteiger partial charge in [0.15, 0.2) is 5.96 Å². The van der Waals surface area contributed by atoms with E-state index >= 15 is 0 Å². The molecule has 0 saturated carbocycles. The normalized spacial score (nSPS) is 16.3. The zero-order chi connectivity index (χ0) is 20.6. The number of hydrogen-bond donors (Lipinski definition) is 2. The summed E-state index contributed by atoms with van der Waals surface area (Å²) < 4.78 is 16.8. The van der Waals surface area contributed by atoms with E-state index < -0.39 is 0 Å². The minimum atomic E-state index is 0. The number of rotatable bonds is 8.